The number of alkyl halides is 1. The number of rotatable bonds is 8. The van der Waals surface area contributed by atoms with Crippen molar-refractivity contribution in [1.82, 2.24) is 0 Å². The van der Waals surface area contributed by atoms with Crippen LogP contribution in [0.3, 0.4) is 0 Å². The molecule has 230 valence electrons. The summed E-state index contributed by atoms with van der Waals surface area (Å²) in [6.45, 7) is 4.96. The van der Waals surface area contributed by atoms with E-state index in [-0.39, 0.29) is 13.0 Å². The molecule has 0 amide bonds. The van der Waals surface area contributed by atoms with E-state index in [0.717, 1.165) is 27.7 Å². The molecule has 1 aliphatic carbocycles. The average Bonchev–Trinajstić information content (AvgIpc) is 2.96. The third kappa shape index (κ3) is 6.60. The van der Waals surface area contributed by atoms with Crippen molar-refractivity contribution in [3.05, 3.63) is 0 Å². The largest absolute Gasteiger partial charge is 0.463 e. The van der Waals surface area contributed by atoms with Crippen LogP contribution < -0.4 is 0 Å². The summed E-state index contributed by atoms with van der Waals surface area (Å²) in [7, 11) is 0. The highest BCUT2D eigenvalue weighted by Crippen LogP contribution is 2.55. The van der Waals surface area contributed by atoms with Crippen molar-refractivity contribution in [2.24, 2.45) is 11.8 Å². The molecule has 5 rings (SSSR count). The number of hydrogen-bond acceptors (Lipinski definition) is 15. The zero-order valence-electron chi connectivity index (χ0n) is 23.0. The Morgan fingerprint density at radius 2 is 1.34 bits per heavy atom. The van der Waals surface area contributed by atoms with Gasteiger partial charge in [-0.15, -0.1) is 11.6 Å². The van der Waals surface area contributed by atoms with Crippen LogP contribution in [0.15, 0.2) is 0 Å². The van der Waals surface area contributed by atoms with Gasteiger partial charge in [-0.05, 0) is 0 Å². The maximum atomic E-state index is 12.1. The van der Waals surface area contributed by atoms with Crippen LogP contribution >= 0.6 is 11.6 Å². The number of carbonyl (C=O) groups excluding carboxylic acids is 5. The van der Waals surface area contributed by atoms with Crippen molar-refractivity contribution in [2.45, 2.75) is 101 Å². The minimum absolute atomic E-state index is 0.229. The predicted molar refractivity (Wildman–Crippen MR) is 129 cm³/mol. The summed E-state index contributed by atoms with van der Waals surface area (Å²) in [6, 6.07) is 0. The molecular weight excluding hydrogens is 576 g/mol. The van der Waals surface area contributed by atoms with E-state index in [4.69, 9.17) is 54.2 Å². The lowest BCUT2D eigenvalue weighted by Crippen LogP contribution is -2.64. The molecule has 15 nitrogen and oxygen atoms in total. The van der Waals surface area contributed by atoms with Crippen LogP contribution in [0.2, 0.25) is 0 Å². The van der Waals surface area contributed by atoms with Gasteiger partial charge in [-0.25, -0.2) is 0 Å². The fraction of sp³-hybridized carbons (Fsp3) is 0.800. The van der Waals surface area contributed by atoms with Crippen molar-refractivity contribution in [3.63, 3.8) is 0 Å². The number of hydrogen-bond donors (Lipinski definition) is 1. The van der Waals surface area contributed by atoms with Gasteiger partial charge in [0.05, 0.1) is 6.61 Å². The van der Waals surface area contributed by atoms with E-state index in [1.165, 1.54) is 6.92 Å². The van der Waals surface area contributed by atoms with E-state index >= 15 is 0 Å². The molecule has 0 spiro atoms. The highest BCUT2D eigenvalue weighted by molar-refractivity contribution is 6.22. The van der Waals surface area contributed by atoms with Gasteiger partial charge in [0, 0.05) is 52.9 Å². The molecule has 1 saturated carbocycles. The molecule has 4 bridgehead atoms. The molecule has 4 aliphatic heterocycles. The smallest absolute Gasteiger partial charge is 0.303 e. The number of carbonyl (C=O) groups is 5. The maximum absolute atomic E-state index is 12.1. The van der Waals surface area contributed by atoms with Crippen molar-refractivity contribution >= 4 is 41.4 Å². The summed E-state index contributed by atoms with van der Waals surface area (Å²) in [5, 5.41) is 10.6. The minimum atomic E-state index is -1.76. The second kappa shape index (κ2) is 12.4. The first kappa shape index (κ1) is 31.4. The van der Waals surface area contributed by atoms with E-state index in [9.17, 15) is 29.1 Å². The van der Waals surface area contributed by atoms with Crippen LogP contribution in [0.5, 0.6) is 0 Å². The SMILES string of the molecule is CC(=O)OC[C@H]1O[C@@H](O[C@@H]2O[C@@H]3C[C@H]4[C@H](OC(C)=O)[C@@H](Cl)C(O)(CO3)[C@@H]24)[C@H](OC(C)=O)[C@@H](OC(C)=O)[C@@H]1OC(C)=O. The quantitative estimate of drug-likeness (QED) is 0.215. The first-order valence-electron chi connectivity index (χ1n) is 13.0. The first-order valence-corrected chi connectivity index (χ1v) is 13.4. The third-order valence-electron chi connectivity index (χ3n) is 7.29. The van der Waals surface area contributed by atoms with E-state index in [1.54, 1.807) is 0 Å². The second-order valence-corrected chi connectivity index (χ2v) is 10.8. The van der Waals surface area contributed by atoms with Gasteiger partial charge < -0.3 is 47.7 Å². The molecule has 16 heteroatoms. The third-order valence-corrected chi connectivity index (χ3v) is 7.92. The van der Waals surface area contributed by atoms with Crippen molar-refractivity contribution in [1.29, 1.82) is 0 Å². The maximum Gasteiger partial charge on any atom is 0.303 e. The van der Waals surface area contributed by atoms with Gasteiger partial charge in [0.25, 0.3) is 0 Å². The van der Waals surface area contributed by atoms with Gasteiger partial charge >= 0.3 is 29.8 Å². The molecule has 5 fully saturated rings. The van der Waals surface area contributed by atoms with E-state index in [2.05, 4.69) is 0 Å². The molecule has 5 aliphatic rings. The molecule has 12 atom stereocenters. The fourth-order valence-corrected chi connectivity index (χ4v) is 6.33. The van der Waals surface area contributed by atoms with E-state index in [1.807, 2.05) is 0 Å². The summed E-state index contributed by atoms with van der Waals surface area (Å²) in [4.78, 5) is 59.6. The molecule has 0 aromatic heterocycles. The minimum Gasteiger partial charge on any atom is -0.463 e. The summed E-state index contributed by atoms with van der Waals surface area (Å²) < 4.78 is 50.6. The van der Waals surface area contributed by atoms with Crippen LogP contribution in [0.25, 0.3) is 0 Å². The Bertz CT molecular complexity index is 1050. The van der Waals surface area contributed by atoms with Crippen LogP contribution in [0.1, 0.15) is 41.0 Å². The standard InChI is InChI=1S/C25H33ClO15/c1-9(27)33-7-15-19(36-11(3)29)20(37-12(4)30)21(38-13(5)31)24(39-15)41-23-17-14-6-16(40-23)34-8-25(17,32)22(26)18(14)35-10(2)28/h14-24,32H,6-8H2,1-5H3/t14-,15-,16-,17-,18+,19-,20+,21-,22-,23+,24+,25?/m1/s1. The van der Waals surface area contributed by atoms with Gasteiger partial charge in [-0.3, -0.25) is 24.0 Å². The monoisotopic (exact) mass is 608 g/mol. The van der Waals surface area contributed by atoms with Gasteiger partial charge in [-0.2, -0.15) is 0 Å². The fourth-order valence-electron chi connectivity index (χ4n) is 5.89. The van der Waals surface area contributed by atoms with Crippen molar-refractivity contribution < 1.29 is 71.7 Å². The second-order valence-electron chi connectivity index (χ2n) is 10.3. The van der Waals surface area contributed by atoms with E-state index < -0.39 is 109 Å². The molecule has 4 saturated heterocycles. The molecule has 41 heavy (non-hydrogen) atoms. The highest BCUT2D eigenvalue weighted by Gasteiger charge is 2.69. The number of aliphatic hydroxyl groups is 1. The summed E-state index contributed by atoms with van der Waals surface area (Å²) >= 11 is 6.60. The first-order chi connectivity index (χ1) is 19.2. The molecule has 1 N–H and O–H groups in total. The lowest BCUT2D eigenvalue weighted by molar-refractivity contribution is -0.371. The predicted octanol–water partition coefficient (Wildman–Crippen LogP) is -0.295. The van der Waals surface area contributed by atoms with Gasteiger partial charge in [0.15, 0.2) is 30.9 Å². The van der Waals surface area contributed by atoms with Crippen molar-refractivity contribution in [2.75, 3.05) is 13.2 Å². The lowest BCUT2D eigenvalue weighted by atomic mass is 9.83. The summed E-state index contributed by atoms with van der Waals surface area (Å²) in [5.41, 5.74) is -1.76. The molecule has 4 heterocycles. The van der Waals surface area contributed by atoms with Crippen LogP contribution in [-0.2, 0) is 66.6 Å². The molecule has 0 aromatic carbocycles. The Labute approximate surface area is 239 Å². The molecule has 1 unspecified atom stereocenters. The summed E-state index contributed by atoms with van der Waals surface area (Å²) in [6.07, 6.45) is -10.0. The average molecular weight is 609 g/mol. The Morgan fingerprint density at radius 3 is 1.93 bits per heavy atom. The number of ether oxygens (including phenoxy) is 9. The Morgan fingerprint density at radius 1 is 0.780 bits per heavy atom. The van der Waals surface area contributed by atoms with Crippen LogP contribution in [-0.4, -0.2) is 109 Å². The Kier molecular flexibility index (Phi) is 9.45. The molecule has 0 radical (unpaired) electrons. The van der Waals surface area contributed by atoms with Crippen LogP contribution in [0, 0.1) is 11.8 Å². The normalized spacial score (nSPS) is 41.1. The number of esters is 5. The van der Waals surface area contributed by atoms with Gasteiger partial charge in [-0.1, -0.05) is 0 Å². The molecular formula is C25H33ClO15. The van der Waals surface area contributed by atoms with Crippen LogP contribution in [0.4, 0.5) is 0 Å². The Balaban J connectivity index is 1.69. The number of halogens is 1. The lowest BCUT2D eigenvalue weighted by Gasteiger charge is -2.46. The zero-order valence-corrected chi connectivity index (χ0v) is 23.8. The number of fused-ring (bicyclic) bond motifs is 2. The zero-order chi connectivity index (χ0) is 30.2. The van der Waals surface area contributed by atoms with E-state index in [0.29, 0.717) is 0 Å². The molecule has 0 aromatic rings. The van der Waals surface area contributed by atoms with Gasteiger partial charge in [0.2, 0.25) is 6.29 Å². The van der Waals surface area contributed by atoms with Gasteiger partial charge in [0.1, 0.15) is 29.8 Å². The highest BCUT2D eigenvalue weighted by atomic mass is 35.5. The van der Waals surface area contributed by atoms with Crippen molar-refractivity contribution in [3.8, 4) is 0 Å². The topological polar surface area (TPSA) is 189 Å². The Hall–Kier alpha value is -2.56. The summed E-state index contributed by atoms with van der Waals surface area (Å²) in [5.74, 6) is -5.13.